The Morgan fingerprint density at radius 1 is 1.12 bits per heavy atom. The summed E-state index contributed by atoms with van der Waals surface area (Å²) in [5, 5.41) is 7.30. The van der Waals surface area contributed by atoms with Gasteiger partial charge in [0.1, 0.15) is 17.8 Å². The molecule has 0 aliphatic carbocycles. The highest BCUT2D eigenvalue weighted by atomic mass is 16.7. The van der Waals surface area contributed by atoms with Crippen molar-refractivity contribution >= 4 is 11.4 Å². The van der Waals surface area contributed by atoms with Crippen LogP contribution in [0.15, 0.2) is 65.7 Å². The van der Waals surface area contributed by atoms with E-state index in [0.717, 1.165) is 11.1 Å². The number of para-hydroxylation sites is 1. The van der Waals surface area contributed by atoms with Gasteiger partial charge in [-0.05, 0) is 30.3 Å². The molecule has 0 unspecified atom stereocenters. The Bertz CT molecular complexity index is 1370. The summed E-state index contributed by atoms with van der Waals surface area (Å²) in [7, 11) is 1.58. The number of fused-ring (bicyclic) bond motifs is 2. The number of methoxy groups -OCH3 is 1. The first-order valence-corrected chi connectivity index (χ1v) is 10.00. The zero-order valence-electron chi connectivity index (χ0n) is 17.3. The zero-order chi connectivity index (χ0) is 22.1. The van der Waals surface area contributed by atoms with Crippen molar-refractivity contribution in [1.82, 2.24) is 19.5 Å². The van der Waals surface area contributed by atoms with Gasteiger partial charge in [-0.2, -0.15) is 5.10 Å². The molecular weight excluding hydrogens is 412 g/mol. The van der Waals surface area contributed by atoms with Gasteiger partial charge in [-0.1, -0.05) is 18.2 Å². The number of hydrogen-bond acceptors (Lipinski definition) is 6. The molecule has 0 saturated heterocycles. The zero-order valence-corrected chi connectivity index (χ0v) is 17.3. The van der Waals surface area contributed by atoms with Crippen LogP contribution in [0, 0.1) is 0 Å². The van der Waals surface area contributed by atoms with Gasteiger partial charge in [-0.3, -0.25) is 9.59 Å². The molecular formula is C23H20N4O5. The highest BCUT2D eigenvalue weighted by molar-refractivity contribution is 5.76. The minimum Gasteiger partial charge on any atom is -0.496 e. The molecule has 0 bridgehead atoms. The molecule has 32 heavy (non-hydrogen) atoms. The second kappa shape index (κ2) is 8.10. The summed E-state index contributed by atoms with van der Waals surface area (Å²) in [4.78, 5) is 25.4. The first-order valence-electron chi connectivity index (χ1n) is 10.00. The van der Waals surface area contributed by atoms with E-state index in [9.17, 15) is 9.59 Å². The van der Waals surface area contributed by atoms with E-state index in [4.69, 9.17) is 14.2 Å². The number of hydrogen-bond donors (Lipinski definition) is 1. The van der Waals surface area contributed by atoms with Gasteiger partial charge in [-0.25, -0.2) is 4.52 Å². The van der Waals surface area contributed by atoms with E-state index in [1.807, 2.05) is 42.5 Å². The van der Waals surface area contributed by atoms with Crippen molar-refractivity contribution in [2.45, 2.75) is 13.1 Å². The topological polar surface area (TPSA) is 96.1 Å². The average Bonchev–Trinajstić information content (AvgIpc) is 3.46. The van der Waals surface area contributed by atoms with Gasteiger partial charge in [0.15, 0.2) is 11.5 Å². The van der Waals surface area contributed by atoms with Crippen LogP contribution in [0.1, 0.15) is 5.56 Å². The SMILES string of the molecule is COc1ccccc1CNC(=O)Cn1ccn2nc(-c3ccc4c(c3)OCO4)cc2c1=O. The van der Waals surface area contributed by atoms with Crippen LogP contribution >= 0.6 is 0 Å². The van der Waals surface area contributed by atoms with Crippen LogP contribution in [0.3, 0.4) is 0 Å². The minimum absolute atomic E-state index is 0.102. The second-order valence-electron chi connectivity index (χ2n) is 7.25. The lowest BCUT2D eigenvalue weighted by atomic mass is 10.1. The summed E-state index contributed by atoms with van der Waals surface area (Å²) in [5.74, 6) is 1.74. The predicted molar refractivity (Wildman–Crippen MR) is 116 cm³/mol. The summed E-state index contributed by atoms with van der Waals surface area (Å²) >= 11 is 0. The lowest BCUT2D eigenvalue weighted by Gasteiger charge is -2.10. The first-order chi connectivity index (χ1) is 15.6. The molecule has 1 N–H and O–H groups in total. The van der Waals surface area contributed by atoms with Crippen molar-refractivity contribution in [3.8, 4) is 28.5 Å². The lowest BCUT2D eigenvalue weighted by Crippen LogP contribution is -2.32. The Balaban J connectivity index is 1.34. The molecule has 0 radical (unpaired) electrons. The summed E-state index contributed by atoms with van der Waals surface area (Å²) in [5.41, 5.74) is 2.35. The van der Waals surface area contributed by atoms with E-state index in [0.29, 0.717) is 35.0 Å². The third kappa shape index (κ3) is 3.64. The molecule has 9 heteroatoms. The van der Waals surface area contributed by atoms with Crippen molar-refractivity contribution < 1.29 is 19.0 Å². The summed E-state index contributed by atoms with van der Waals surface area (Å²) in [6.07, 6.45) is 3.20. The Kier molecular flexibility index (Phi) is 4.98. The van der Waals surface area contributed by atoms with Crippen LogP contribution in [0.25, 0.3) is 16.8 Å². The molecule has 0 spiro atoms. The molecule has 2 aromatic carbocycles. The van der Waals surface area contributed by atoms with Crippen LogP contribution in [0.4, 0.5) is 0 Å². The number of benzene rings is 2. The number of nitrogens with one attached hydrogen (secondary N) is 1. The van der Waals surface area contributed by atoms with E-state index < -0.39 is 0 Å². The highest BCUT2D eigenvalue weighted by Crippen LogP contribution is 2.35. The van der Waals surface area contributed by atoms with E-state index in [2.05, 4.69) is 10.4 Å². The summed E-state index contributed by atoms with van der Waals surface area (Å²) in [6, 6.07) is 14.6. The lowest BCUT2D eigenvalue weighted by molar-refractivity contribution is -0.121. The number of nitrogens with zero attached hydrogens (tertiary/aromatic N) is 3. The number of carbonyl (C=O) groups excluding carboxylic acids is 1. The van der Waals surface area contributed by atoms with Crippen LogP contribution < -0.4 is 25.1 Å². The van der Waals surface area contributed by atoms with Gasteiger partial charge in [0, 0.05) is 30.1 Å². The van der Waals surface area contributed by atoms with Crippen molar-refractivity contribution in [2.75, 3.05) is 13.9 Å². The van der Waals surface area contributed by atoms with Gasteiger partial charge in [0.25, 0.3) is 5.56 Å². The molecule has 1 aliphatic heterocycles. The molecule has 4 aromatic rings. The van der Waals surface area contributed by atoms with E-state index >= 15 is 0 Å². The number of aromatic nitrogens is 3. The summed E-state index contributed by atoms with van der Waals surface area (Å²) in [6.45, 7) is 0.392. The van der Waals surface area contributed by atoms with E-state index in [1.165, 1.54) is 9.08 Å². The predicted octanol–water partition coefficient (Wildman–Crippen LogP) is 2.22. The van der Waals surface area contributed by atoms with Crippen LogP contribution in [0.2, 0.25) is 0 Å². The minimum atomic E-state index is -0.306. The maximum absolute atomic E-state index is 12.9. The molecule has 2 aromatic heterocycles. The maximum atomic E-state index is 12.9. The molecule has 3 heterocycles. The fraction of sp³-hybridized carbons (Fsp3) is 0.174. The van der Waals surface area contributed by atoms with Crippen LogP contribution in [-0.4, -0.2) is 34.0 Å². The number of carbonyl (C=O) groups is 1. The molecule has 0 saturated carbocycles. The number of ether oxygens (including phenoxy) is 3. The smallest absolute Gasteiger partial charge is 0.277 e. The summed E-state index contributed by atoms with van der Waals surface area (Å²) < 4.78 is 18.9. The van der Waals surface area contributed by atoms with Gasteiger partial charge in [0.2, 0.25) is 12.7 Å². The van der Waals surface area contributed by atoms with Crippen molar-refractivity contribution in [2.24, 2.45) is 0 Å². The Hall–Kier alpha value is -4.27. The highest BCUT2D eigenvalue weighted by Gasteiger charge is 2.16. The van der Waals surface area contributed by atoms with Crippen molar-refractivity contribution in [3.05, 3.63) is 76.8 Å². The van der Waals surface area contributed by atoms with Gasteiger partial charge >= 0.3 is 0 Å². The van der Waals surface area contributed by atoms with Gasteiger partial charge in [-0.15, -0.1) is 0 Å². The Morgan fingerprint density at radius 2 is 1.97 bits per heavy atom. The Morgan fingerprint density at radius 3 is 2.84 bits per heavy atom. The molecule has 0 fully saturated rings. The fourth-order valence-corrected chi connectivity index (χ4v) is 3.60. The monoisotopic (exact) mass is 432 g/mol. The first kappa shape index (κ1) is 19.7. The van der Waals surface area contributed by atoms with Crippen molar-refractivity contribution in [1.29, 1.82) is 0 Å². The molecule has 9 nitrogen and oxygen atoms in total. The fourth-order valence-electron chi connectivity index (χ4n) is 3.60. The standard InChI is InChI=1S/C23H20N4O5/c1-30-19-5-3-2-4-16(19)12-24-22(28)13-26-8-9-27-18(23(26)29)11-17(25-27)15-6-7-20-21(10-15)32-14-31-20/h2-11H,12-14H2,1H3,(H,24,28). The quantitative estimate of drug-likeness (QED) is 0.502. The van der Waals surface area contributed by atoms with Crippen LogP contribution in [-0.2, 0) is 17.9 Å². The normalized spacial score (nSPS) is 12.2. The van der Waals surface area contributed by atoms with Crippen LogP contribution in [0.5, 0.6) is 17.2 Å². The number of amides is 1. The average molecular weight is 432 g/mol. The molecule has 0 atom stereocenters. The van der Waals surface area contributed by atoms with Gasteiger partial charge in [0.05, 0.1) is 12.8 Å². The number of rotatable bonds is 6. The van der Waals surface area contributed by atoms with E-state index in [1.54, 1.807) is 25.6 Å². The Labute approximate surface area is 182 Å². The van der Waals surface area contributed by atoms with E-state index in [-0.39, 0.29) is 24.8 Å². The maximum Gasteiger partial charge on any atom is 0.277 e. The van der Waals surface area contributed by atoms with Gasteiger partial charge < -0.3 is 24.1 Å². The molecule has 5 rings (SSSR count). The third-order valence-electron chi connectivity index (χ3n) is 5.25. The molecule has 1 amide bonds. The largest absolute Gasteiger partial charge is 0.496 e. The second-order valence-corrected chi connectivity index (χ2v) is 7.25. The third-order valence-corrected chi connectivity index (χ3v) is 5.25. The molecule has 162 valence electrons. The van der Waals surface area contributed by atoms with Crippen molar-refractivity contribution in [3.63, 3.8) is 0 Å². The molecule has 1 aliphatic rings.